The number of benzene rings is 1. The summed E-state index contributed by atoms with van der Waals surface area (Å²) < 4.78 is 28.7. The van der Waals surface area contributed by atoms with E-state index in [0.29, 0.717) is 29.7 Å². The smallest absolute Gasteiger partial charge is 0.301 e. The average molecular weight is 352 g/mol. The van der Waals surface area contributed by atoms with Gasteiger partial charge in [0.2, 0.25) is 0 Å². The van der Waals surface area contributed by atoms with Crippen molar-refractivity contribution >= 4 is 39.1 Å². The van der Waals surface area contributed by atoms with E-state index in [1.807, 2.05) is 7.05 Å². The molecule has 2 rings (SSSR count). The lowest BCUT2D eigenvalue weighted by molar-refractivity contribution is 0.272. The summed E-state index contributed by atoms with van der Waals surface area (Å²) in [4.78, 5) is 0. The molecule has 21 heavy (non-hydrogen) atoms. The van der Waals surface area contributed by atoms with Gasteiger partial charge in [-0.15, -0.1) is 0 Å². The van der Waals surface area contributed by atoms with E-state index in [1.165, 1.54) is 10.4 Å². The fourth-order valence-corrected chi connectivity index (χ4v) is 4.21. The SMILES string of the molecule is CNCC1CCN(S(=O)(=O)Nc2ccc(Cl)cc2Cl)CC1. The maximum Gasteiger partial charge on any atom is 0.301 e. The first-order valence-electron chi connectivity index (χ1n) is 6.80. The normalized spacial score (nSPS) is 17.9. The fourth-order valence-electron chi connectivity index (χ4n) is 2.42. The first-order valence-corrected chi connectivity index (χ1v) is 8.99. The van der Waals surface area contributed by atoms with Gasteiger partial charge in [0, 0.05) is 18.1 Å². The highest BCUT2D eigenvalue weighted by atomic mass is 35.5. The number of halogens is 2. The zero-order valence-corrected chi connectivity index (χ0v) is 14.1. The zero-order chi connectivity index (χ0) is 15.5. The van der Waals surface area contributed by atoms with E-state index in [4.69, 9.17) is 23.2 Å². The summed E-state index contributed by atoms with van der Waals surface area (Å²) in [6.07, 6.45) is 1.71. The molecule has 1 aromatic carbocycles. The van der Waals surface area contributed by atoms with Gasteiger partial charge in [-0.25, -0.2) is 0 Å². The maximum absolute atomic E-state index is 12.4. The second-order valence-corrected chi connectivity index (χ2v) is 7.65. The minimum atomic E-state index is -3.57. The van der Waals surface area contributed by atoms with Crippen LogP contribution in [0, 0.1) is 5.92 Å². The Morgan fingerprint density at radius 3 is 2.52 bits per heavy atom. The van der Waals surface area contributed by atoms with Crippen LogP contribution in [0.4, 0.5) is 5.69 Å². The van der Waals surface area contributed by atoms with Crippen LogP contribution in [0.5, 0.6) is 0 Å². The van der Waals surface area contributed by atoms with Crippen LogP contribution in [0.2, 0.25) is 10.0 Å². The van der Waals surface area contributed by atoms with Crippen molar-refractivity contribution in [3.63, 3.8) is 0 Å². The van der Waals surface area contributed by atoms with Gasteiger partial charge in [0.05, 0.1) is 10.7 Å². The molecule has 1 heterocycles. The highest BCUT2D eigenvalue weighted by molar-refractivity contribution is 7.90. The van der Waals surface area contributed by atoms with Gasteiger partial charge in [-0.2, -0.15) is 12.7 Å². The van der Waals surface area contributed by atoms with E-state index >= 15 is 0 Å². The van der Waals surface area contributed by atoms with E-state index in [0.717, 1.165) is 19.4 Å². The van der Waals surface area contributed by atoms with Gasteiger partial charge in [-0.05, 0) is 50.6 Å². The predicted octanol–water partition coefficient (Wildman–Crippen LogP) is 2.58. The Hall–Kier alpha value is -0.530. The molecule has 0 atom stereocenters. The van der Waals surface area contributed by atoms with Crippen molar-refractivity contribution in [3.05, 3.63) is 28.2 Å². The Kier molecular flexibility index (Phi) is 5.73. The molecule has 0 spiro atoms. The Labute approximate surface area is 135 Å². The highest BCUT2D eigenvalue weighted by Gasteiger charge is 2.28. The van der Waals surface area contributed by atoms with Crippen LogP contribution in [0.25, 0.3) is 0 Å². The lowest BCUT2D eigenvalue weighted by atomic mass is 9.98. The molecule has 1 aliphatic rings. The number of rotatable bonds is 5. The Balaban J connectivity index is 2.02. The zero-order valence-electron chi connectivity index (χ0n) is 11.8. The first-order chi connectivity index (χ1) is 9.92. The molecule has 2 N–H and O–H groups in total. The summed E-state index contributed by atoms with van der Waals surface area (Å²) in [6, 6.07) is 4.68. The number of anilines is 1. The van der Waals surface area contributed by atoms with Gasteiger partial charge in [-0.1, -0.05) is 23.2 Å². The highest BCUT2D eigenvalue weighted by Crippen LogP contribution is 2.27. The van der Waals surface area contributed by atoms with Crippen molar-refractivity contribution in [3.8, 4) is 0 Å². The molecule has 8 heteroatoms. The third-order valence-electron chi connectivity index (χ3n) is 3.58. The minimum absolute atomic E-state index is 0.288. The number of nitrogens with zero attached hydrogens (tertiary/aromatic N) is 1. The molecule has 0 radical (unpaired) electrons. The van der Waals surface area contributed by atoms with Gasteiger partial charge in [0.15, 0.2) is 0 Å². The van der Waals surface area contributed by atoms with Crippen molar-refractivity contribution < 1.29 is 8.42 Å². The Morgan fingerprint density at radius 1 is 1.29 bits per heavy atom. The first kappa shape index (κ1) is 16.8. The molecule has 0 aromatic heterocycles. The third-order valence-corrected chi connectivity index (χ3v) is 5.65. The van der Waals surface area contributed by atoms with E-state index in [9.17, 15) is 8.42 Å². The number of hydrogen-bond donors (Lipinski definition) is 2. The van der Waals surface area contributed by atoms with Gasteiger partial charge < -0.3 is 5.32 Å². The molecule has 1 fully saturated rings. The predicted molar refractivity (Wildman–Crippen MR) is 87.2 cm³/mol. The standard InChI is InChI=1S/C13H19Cl2N3O2S/c1-16-9-10-4-6-18(7-5-10)21(19,20)17-13-3-2-11(14)8-12(13)15/h2-3,8,10,16-17H,4-7,9H2,1H3. The molecule has 1 aliphatic heterocycles. The summed E-state index contributed by atoms with van der Waals surface area (Å²) in [5, 5.41) is 3.89. The molecule has 118 valence electrons. The maximum atomic E-state index is 12.4. The summed E-state index contributed by atoms with van der Waals surface area (Å²) in [5.41, 5.74) is 0.346. The Bertz CT molecular complexity index is 587. The van der Waals surface area contributed by atoms with Gasteiger partial charge in [0.25, 0.3) is 0 Å². The van der Waals surface area contributed by atoms with Crippen molar-refractivity contribution in [2.75, 3.05) is 31.4 Å². The summed E-state index contributed by atoms with van der Waals surface area (Å²) in [5.74, 6) is 0.528. The molecule has 0 amide bonds. The van der Waals surface area contributed by atoms with Crippen LogP contribution >= 0.6 is 23.2 Å². The van der Waals surface area contributed by atoms with Crippen LogP contribution in [0.1, 0.15) is 12.8 Å². The molecular formula is C13H19Cl2N3O2S. The molecule has 0 unspecified atom stereocenters. The molecule has 0 aliphatic carbocycles. The molecular weight excluding hydrogens is 333 g/mol. The fraction of sp³-hybridized carbons (Fsp3) is 0.538. The monoisotopic (exact) mass is 351 g/mol. The largest absolute Gasteiger partial charge is 0.319 e. The van der Waals surface area contributed by atoms with E-state index in [-0.39, 0.29) is 5.02 Å². The van der Waals surface area contributed by atoms with Gasteiger partial charge in [-0.3, -0.25) is 4.72 Å². The molecule has 1 aromatic rings. The summed E-state index contributed by atoms with van der Waals surface area (Å²) in [6.45, 7) is 1.96. The quantitative estimate of drug-likeness (QED) is 0.856. The number of hydrogen-bond acceptors (Lipinski definition) is 3. The van der Waals surface area contributed by atoms with Gasteiger partial charge >= 0.3 is 10.2 Å². The topological polar surface area (TPSA) is 61.4 Å². The number of piperidine rings is 1. The summed E-state index contributed by atoms with van der Waals surface area (Å²) in [7, 11) is -1.66. The Morgan fingerprint density at radius 2 is 1.95 bits per heavy atom. The van der Waals surface area contributed by atoms with Crippen molar-refractivity contribution in [2.45, 2.75) is 12.8 Å². The molecule has 5 nitrogen and oxygen atoms in total. The van der Waals surface area contributed by atoms with Crippen molar-refractivity contribution in [1.29, 1.82) is 0 Å². The molecule has 1 saturated heterocycles. The lowest BCUT2D eigenvalue weighted by Gasteiger charge is -2.31. The number of nitrogens with one attached hydrogen (secondary N) is 2. The summed E-state index contributed by atoms with van der Waals surface area (Å²) >= 11 is 11.8. The van der Waals surface area contributed by atoms with E-state index < -0.39 is 10.2 Å². The average Bonchev–Trinajstić information content (AvgIpc) is 2.43. The van der Waals surface area contributed by atoms with Gasteiger partial charge in [0.1, 0.15) is 0 Å². The van der Waals surface area contributed by atoms with Crippen LogP contribution in [0.3, 0.4) is 0 Å². The van der Waals surface area contributed by atoms with E-state index in [1.54, 1.807) is 12.1 Å². The van der Waals surface area contributed by atoms with Crippen LogP contribution < -0.4 is 10.0 Å². The molecule has 0 bridgehead atoms. The van der Waals surface area contributed by atoms with Crippen molar-refractivity contribution in [2.24, 2.45) is 5.92 Å². The van der Waals surface area contributed by atoms with E-state index in [2.05, 4.69) is 10.0 Å². The molecule has 0 saturated carbocycles. The second kappa shape index (κ2) is 7.15. The van der Waals surface area contributed by atoms with Crippen LogP contribution in [-0.2, 0) is 10.2 Å². The van der Waals surface area contributed by atoms with Crippen molar-refractivity contribution in [1.82, 2.24) is 9.62 Å². The van der Waals surface area contributed by atoms with Crippen LogP contribution in [-0.4, -0.2) is 39.4 Å². The minimum Gasteiger partial charge on any atom is -0.319 e. The van der Waals surface area contributed by atoms with Crippen LogP contribution in [0.15, 0.2) is 18.2 Å². The third kappa shape index (κ3) is 4.47. The second-order valence-electron chi connectivity index (χ2n) is 5.13. The lowest BCUT2D eigenvalue weighted by Crippen LogP contribution is -2.43.